The summed E-state index contributed by atoms with van der Waals surface area (Å²) in [6.45, 7) is 6.43. The summed E-state index contributed by atoms with van der Waals surface area (Å²) in [7, 11) is 0. The highest BCUT2D eigenvalue weighted by Crippen LogP contribution is 2.17. The zero-order valence-electron chi connectivity index (χ0n) is 50.7. The number of carbonyl (C=O) groups excluding carboxylic acids is 3. The molecule has 1 atom stereocenters. The number of esters is 3. The summed E-state index contributed by atoms with van der Waals surface area (Å²) in [5, 5.41) is 0. The fourth-order valence-electron chi connectivity index (χ4n) is 9.25. The van der Waals surface area contributed by atoms with E-state index in [1.54, 1.807) is 0 Å². The molecule has 0 saturated carbocycles. The van der Waals surface area contributed by atoms with Crippen molar-refractivity contribution in [3.63, 3.8) is 0 Å². The lowest BCUT2D eigenvalue weighted by molar-refractivity contribution is -0.167. The molecular formula is C71H122O6. The van der Waals surface area contributed by atoms with E-state index in [-0.39, 0.29) is 31.1 Å². The van der Waals surface area contributed by atoms with Gasteiger partial charge < -0.3 is 14.2 Å². The molecule has 77 heavy (non-hydrogen) atoms. The first-order valence-corrected chi connectivity index (χ1v) is 32.7. The Balaban J connectivity index is 4.41. The first-order chi connectivity index (χ1) is 38.0. The monoisotopic (exact) mass is 1070 g/mol. The van der Waals surface area contributed by atoms with Crippen LogP contribution in [0.15, 0.2) is 97.2 Å². The van der Waals surface area contributed by atoms with Gasteiger partial charge in [-0.3, -0.25) is 14.4 Å². The molecular weight excluding hydrogens is 949 g/mol. The molecule has 6 heteroatoms. The maximum atomic E-state index is 12.9. The van der Waals surface area contributed by atoms with Crippen molar-refractivity contribution >= 4 is 17.9 Å². The van der Waals surface area contributed by atoms with E-state index in [9.17, 15) is 14.4 Å². The maximum absolute atomic E-state index is 12.9. The van der Waals surface area contributed by atoms with Crippen LogP contribution < -0.4 is 0 Å². The van der Waals surface area contributed by atoms with Crippen LogP contribution in [0.4, 0.5) is 0 Å². The largest absolute Gasteiger partial charge is 0.462 e. The summed E-state index contributed by atoms with van der Waals surface area (Å²) in [5.74, 6) is -0.901. The second kappa shape index (κ2) is 64.9. The number of hydrogen-bond acceptors (Lipinski definition) is 6. The third-order valence-electron chi connectivity index (χ3n) is 14.1. The number of unbranched alkanes of at least 4 members (excludes halogenated alkanes) is 32. The van der Waals surface area contributed by atoms with Gasteiger partial charge in [-0.25, -0.2) is 0 Å². The second-order valence-electron chi connectivity index (χ2n) is 21.6. The molecule has 442 valence electrons. The lowest BCUT2D eigenvalue weighted by Crippen LogP contribution is -2.30. The summed E-state index contributed by atoms with van der Waals surface area (Å²) in [4.78, 5) is 38.4. The van der Waals surface area contributed by atoms with Crippen molar-refractivity contribution in [2.75, 3.05) is 13.2 Å². The van der Waals surface area contributed by atoms with Crippen molar-refractivity contribution < 1.29 is 28.6 Å². The fourth-order valence-corrected chi connectivity index (χ4v) is 9.25. The molecule has 0 fully saturated rings. The molecule has 0 aromatic rings. The number of rotatable bonds is 59. The van der Waals surface area contributed by atoms with E-state index in [1.165, 1.54) is 141 Å². The van der Waals surface area contributed by atoms with Gasteiger partial charge in [0.2, 0.25) is 0 Å². The molecule has 0 radical (unpaired) electrons. The highest BCUT2D eigenvalue weighted by atomic mass is 16.6. The van der Waals surface area contributed by atoms with Crippen LogP contribution in [0, 0.1) is 0 Å². The van der Waals surface area contributed by atoms with E-state index in [4.69, 9.17) is 14.2 Å². The molecule has 0 rings (SSSR count). The Morgan fingerprint density at radius 3 is 0.792 bits per heavy atom. The van der Waals surface area contributed by atoms with Crippen molar-refractivity contribution in [2.45, 2.75) is 322 Å². The minimum absolute atomic E-state index is 0.0860. The Morgan fingerprint density at radius 2 is 0.506 bits per heavy atom. The van der Waals surface area contributed by atoms with E-state index in [2.05, 4.69) is 118 Å². The number of carbonyl (C=O) groups is 3. The summed E-state index contributed by atoms with van der Waals surface area (Å²) >= 11 is 0. The summed E-state index contributed by atoms with van der Waals surface area (Å²) in [5.41, 5.74) is 0. The average molecular weight is 1070 g/mol. The Kier molecular flexibility index (Phi) is 61.8. The Labute approximate surface area is 477 Å². The zero-order valence-corrected chi connectivity index (χ0v) is 50.7. The molecule has 0 amide bonds. The van der Waals surface area contributed by atoms with Crippen LogP contribution in [0.25, 0.3) is 0 Å². The van der Waals surface area contributed by atoms with Crippen LogP contribution >= 0.6 is 0 Å². The van der Waals surface area contributed by atoms with Gasteiger partial charge in [0.1, 0.15) is 13.2 Å². The van der Waals surface area contributed by atoms with Gasteiger partial charge in [-0.2, -0.15) is 0 Å². The van der Waals surface area contributed by atoms with Gasteiger partial charge in [0.05, 0.1) is 0 Å². The van der Waals surface area contributed by atoms with Crippen molar-refractivity contribution in [1.29, 1.82) is 0 Å². The molecule has 0 aromatic carbocycles. The normalized spacial score (nSPS) is 12.7. The minimum Gasteiger partial charge on any atom is -0.462 e. The lowest BCUT2D eigenvalue weighted by atomic mass is 10.0. The van der Waals surface area contributed by atoms with Crippen molar-refractivity contribution in [3.8, 4) is 0 Å². The van der Waals surface area contributed by atoms with Gasteiger partial charge >= 0.3 is 17.9 Å². The van der Waals surface area contributed by atoms with Crippen LogP contribution in [0.2, 0.25) is 0 Å². The van der Waals surface area contributed by atoms with Crippen LogP contribution in [0.5, 0.6) is 0 Å². The standard InChI is InChI=1S/C71H122O6/c1-4-7-10-13-16-19-22-25-28-31-34-35-38-40-43-46-49-52-55-58-61-64-70(73)76-67-68(77-71(74)65-62-59-56-53-50-47-44-41-37-33-30-27-24-21-18-15-12-9-6-3)66-75-69(72)63-60-57-54-51-48-45-42-39-36-32-29-26-23-20-17-14-11-8-5-2/h8-9,11-12,17-18,20-21,26-27,29-30,36-37,39,41,68H,4-7,10,13-16,19,22-25,28,31-35,38,40,42-67H2,1-3H3/b11-8-,12-9-,20-17-,21-18-,29-26-,30-27-,39-36-,41-37-. The highest BCUT2D eigenvalue weighted by molar-refractivity contribution is 5.71. The molecule has 0 aliphatic rings. The van der Waals surface area contributed by atoms with Gasteiger partial charge in [-0.15, -0.1) is 0 Å². The first kappa shape index (κ1) is 73.3. The van der Waals surface area contributed by atoms with E-state index in [0.717, 1.165) is 135 Å². The molecule has 0 heterocycles. The van der Waals surface area contributed by atoms with Crippen LogP contribution in [0.1, 0.15) is 316 Å². The number of allylic oxidation sites excluding steroid dienone is 16. The summed E-state index contributed by atoms with van der Waals surface area (Å²) in [6.07, 6.45) is 87.0. The third kappa shape index (κ3) is 63.0. The molecule has 0 N–H and O–H groups in total. The molecule has 1 unspecified atom stereocenters. The van der Waals surface area contributed by atoms with Crippen LogP contribution in [-0.2, 0) is 28.6 Å². The van der Waals surface area contributed by atoms with Crippen LogP contribution in [0.3, 0.4) is 0 Å². The number of hydrogen-bond donors (Lipinski definition) is 0. The minimum atomic E-state index is -0.793. The van der Waals surface area contributed by atoms with Gasteiger partial charge in [-0.1, -0.05) is 298 Å². The van der Waals surface area contributed by atoms with E-state index in [0.29, 0.717) is 19.3 Å². The molecule has 0 spiro atoms. The van der Waals surface area contributed by atoms with Gasteiger partial charge in [0.25, 0.3) is 0 Å². The van der Waals surface area contributed by atoms with Crippen molar-refractivity contribution in [2.24, 2.45) is 0 Å². The molecule has 0 saturated heterocycles. The molecule has 6 nitrogen and oxygen atoms in total. The zero-order chi connectivity index (χ0) is 55.7. The third-order valence-corrected chi connectivity index (χ3v) is 14.1. The fraction of sp³-hybridized carbons (Fsp3) is 0.732. The van der Waals surface area contributed by atoms with Crippen LogP contribution in [-0.4, -0.2) is 37.2 Å². The smallest absolute Gasteiger partial charge is 0.306 e. The molecule has 0 aliphatic heterocycles. The highest BCUT2D eigenvalue weighted by Gasteiger charge is 2.19. The van der Waals surface area contributed by atoms with E-state index in [1.807, 2.05) is 0 Å². The molecule has 0 aliphatic carbocycles. The van der Waals surface area contributed by atoms with E-state index < -0.39 is 6.10 Å². The SMILES string of the molecule is CC/C=C\C/C=C\C/C=C\C/C=C\CCCCCCCCC(=O)OCC(COC(=O)CCCCCCCCCCCCCCCCCCCCCCC)OC(=O)CCCCCCCC/C=C\C/C=C\C/C=C\C/C=C\CC. The average Bonchev–Trinajstić information content (AvgIpc) is 3.43. The van der Waals surface area contributed by atoms with Gasteiger partial charge in [0, 0.05) is 19.3 Å². The topological polar surface area (TPSA) is 78.9 Å². The molecule has 0 bridgehead atoms. The molecule has 0 aromatic heterocycles. The van der Waals surface area contributed by atoms with Gasteiger partial charge in [0.15, 0.2) is 6.10 Å². The van der Waals surface area contributed by atoms with Crippen molar-refractivity contribution in [1.82, 2.24) is 0 Å². The number of ether oxygens (including phenoxy) is 3. The quantitative estimate of drug-likeness (QED) is 0.0261. The maximum Gasteiger partial charge on any atom is 0.306 e. The lowest BCUT2D eigenvalue weighted by Gasteiger charge is -2.18. The van der Waals surface area contributed by atoms with Gasteiger partial charge in [-0.05, 0) is 96.3 Å². The Bertz CT molecular complexity index is 1510. The predicted molar refractivity (Wildman–Crippen MR) is 334 cm³/mol. The summed E-state index contributed by atoms with van der Waals surface area (Å²) < 4.78 is 16.9. The first-order valence-electron chi connectivity index (χ1n) is 32.7. The Hall–Kier alpha value is -3.67. The second-order valence-corrected chi connectivity index (χ2v) is 21.6. The summed E-state index contributed by atoms with van der Waals surface area (Å²) in [6, 6.07) is 0. The van der Waals surface area contributed by atoms with Crippen molar-refractivity contribution in [3.05, 3.63) is 97.2 Å². The van der Waals surface area contributed by atoms with E-state index >= 15 is 0 Å². The predicted octanol–water partition coefficient (Wildman–Crippen LogP) is 22.4. The Morgan fingerprint density at radius 1 is 0.273 bits per heavy atom.